The normalized spacial score (nSPS) is 13.1. The van der Waals surface area contributed by atoms with Crippen molar-refractivity contribution in [2.24, 2.45) is 0 Å². The number of ether oxygens (including phenoxy) is 2. The predicted octanol–water partition coefficient (Wildman–Crippen LogP) is 3.39. The van der Waals surface area contributed by atoms with E-state index in [2.05, 4.69) is 5.32 Å². The number of rotatable bonds is 4. The van der Waals surface area contributed by atoms with Gasteiger partial charge in [0, 0.05) is 6.54 Å². The van der Waals surface area contributed by atoms with Crippen molar-refractivity contribution >= 4 is 11.5 Å². The van der Waals surface area contributed by atoms with E-state index < -0.39 is 0 Å². The number of benzene rings is 1. The van der Waals surface area contributed by atoms with Crippen LogP contribution in [0.4, 0.5) is 5.69 Å². The highest BCUT2D eigenvalue weighted by Crippen LogP contribution is 2.42. The fourth-order valence-electron chi connectivity index (χ4n) is 2.09. The summed E-state index contributed by atoms with van der Waals surface area (Å²) in [6.45, 7) is 8.91. The number of ketones is 1. The van der Waals surface area contributed by atoms with Crippen LogP contribution in [0, 0.1) is 0 Å². The third kappa shape index (κ3) is 2.30. The number of hydrogen-bond acceptors (Lipinski definition) is 4. The number of allylic oxidation sites excluding steroid dienone is 2. The molecule has 1 N–H and O–H groups in total. The van der Waals surface area contributed by atoms with E-state index in [1.54, 1.807) is 0 Å². The van der Waals surface area contributed by atoms with Crippen LogP contribution in [0.2, 0.25) is 0 Å². The number of carbonyl (C=O) groups is 1. The second-order valence-corrected chi connectivity index (χ2v) is 4.54. The van der Waals surface area contributed by atoms with Crippen LogP contribution in [-0.2, 0) is 0 Å². The van der Waals surface area contributed by atoms with Gasteiger partial charge in [-0.15, -0.1) is 0 Å². The van der Waals surface area contributed by atoms with Crippen molar-refractivity contribution in [2.45, 2.75) is 27.7 Å². The Morgan fingerprint density at radius 2 is 2.05 bits per heavy atom. The molecule has 0 amide bonds. The Balaban J connectivity index is 2.56. The summed E-state index contributed by atoms with van der Waals surface area (Å²) >= 11 is 0. The van der Waals surface area contributed by atoms with Crippen molar-refractivity contribution in [3.05, 3.63) is 29.0 Å². The van der Waals surface area contributed by atoms with Gasteiger partial charge in [0.25, 0.3) is 0 Å². The Morgan fingerprint density at radius 3 is 2.63 bits per heavy atom. The Hall–Kier alpha value is -1.97. The van der Waals surface area contributed by atoms with Gasteiger partial charge in [-0.1, -0.05) is 0 Å². The molecule has 0 radical (unpaired) electrons. The third-order valence-electron chi connectivity index (χ3n) is 2.87. The summed E-state index contributed by atoms with van der Waals surface area (Å²) in [5, 5.41) is 3.21. The van der Waals surface area contributed by atoms with Crippen molar-refractivity contribution in [2.75, 3.05) is 18.5 Å². The van der Waals surface area contributed by atoms with Gasteiger partial charge < -0.3 is 14.8 Å². The highest BCUT2D eigenvalue weighted by atomic mass is 16.5. The SMILES string of the molecule is CCNc1ccc2c(c1OCC)C(=O)C(=C(C)C)O2. The van der Waals surface area contributed by atoms with Gasteiger partial charge in [-0.3, -0.25) is 4.79 Å². The van der Waals surface area contributed by atoms with Gasteiger partial charge in [0.1, 0.15) is 11.3 Å². The van der Waals surface area contributed by atoms with E-state index >= 15 is 0 Å². The van der Waals surface area contributed by atoms with Gasteiger partial charge in [0.15, 0.2) is 11.5 Å². The Morgan fingerprint density at radius 1 is 1.32 bits per heavy atom. The molecule has 2 rings (SSSR count). The molecule has 0 bridgehead atoms. The molecule has 0 fully saturated rings. The maximum absolute atomic E-state index is 12.4. The molecule has 1 aromatic rings. The van der Waals surface area contributed by atoms with Crippen molar-refractivity contribution in [3.63, 3.8) is 0 Å². The molecule has 0 saturated heterocycles. The summed E-state index contributed by atoms with van der Waals surface area (Å²) in [5.74, 6) is 1.47. The number of Topliss-reactive ketones (excluding diaryl/α,β-unsaturated/α-hetero) is 1. The minimum Gasteiger partial charge on any atom is -0.491 e. The smallest absolute Gasteiger partial charge is 0.235 e. The summed E-state index contributed by atoms with van der Waals surface area (Å²) in [4.78, 5) is 12.4. The molecule has 0 saturated carbocycles. The quantitative estimate of drug-likeness (QED) is 0.844. The standard InChI is InChI=1S/C15H19NO3/c1-5-16-10-7-8-11-12(15(10)18-6-2)13(17)14(19-11)9(3)4/h7-8,16H,5-6H2,1-4H3. The molecule has 1 aromatic carbocycles. The molecular formula is C15H19NO3. The van der Waals surface area contributed by atoms with Gasteiger partial charge in [-0.05, 0) is 45.4 Å². The minimum atomic E-state index is -0.0989. The molecule has 19 heavy (non-hydrogen) atoms. The molecule has 0 atom stereocenters. The topological polar surface area (TPSA) is 47.6 Å². The minimum absolute atomic E-state index is 0.0989. The third-order valence-corrected chi connectivity index (χ3v) is 2.87. The first-order valence-corrected chi connectivity index (χ1v) is 6.53. The van der Waals surface area contributed by atoms with Crippen LogP contribution in [0.1, 0.15) is 38.1 Å². The molecule has 1 heterocycles. The van der Waals surface area contributed by atoms with Crippen molar-refractivity contribution < 1.29 is 14.3 Å². The largest absolute Gasteiger partial charge is 0.491 e. The lowest BCUT2D eigenvalue weighted by Crippen LogP contribution is -2.06. The Bertz CT molecular complexity index is 543. The van der Waals surface area contributed by atoms with E-state index in [0.717, 1.165) is 17.8 Å². The lowest BCUT2D eigenvalue weighted by molar-refractivity contribution is 0.101. The molecule has 1 aliphatic rings. The zero-order valence-corrected chi connectivity index (χ0v) is 11.8. The van der Waals surface area contributed by atoms with Gasteiger partial charge in [-0.2, -0.15) is 0 Å². The number of anilines is 1. The molecule has 4 heteroatoms. The lowest BCUT2D eigenvalue weighted by Gasteiger charge is -2.13. The molecule has 0 aromatic heterocycles. The highest BCUT2D eigenvalue weighted by Gasteiger charge is 2.33. The lowest BCUT2D eigenvalue weighted by atomic mass is 10.1. The maximum atomic E-state index is 12.4. The van der Waals surface area contributed by atoms with Gasteiger partial charge in [0.05, 0.1) is 12.3 Å². The fourth-order valence-corrected chi connectivity index (χ4v) is 2.09. The summed E-state index contributed by atoms with van der Waals surface area (Å²) in [6, 6.07) is 3.69. The predicted molar refractivity (Wildman–Crippen MR) is 75.1 cm³/mol. The van der Waals surface area contributed by atoms with E-state index in [4.69, 9.17) is 9.47 Å². The zero-order chi connectivity index (χ0) is 14.0. The van der Waals surface area contributed by atoms with Crippen LogP contribution in [-0.4, -0.2) is 18.9 Å². The fraction of sp³-hybridized carbons (Fsp3) is 0.400. The van der Waals surface area contributed by atoms with E-state index in [1.807, 2.05) is 39.8 Å². The average molecular weight is 261 g/mol. The van der Waals surface area contributed by atoms with Crippen LogP contribution >= 0.6 is 0 Å². The molecule has 0 aliphatic carbocycles. The second-order valence-electron chi connectivity index (χ2n) is 4.54. The summed E-state index contributed by atoms with van der Waals surface area (Å²) < 4.78 is 11.3. The highest BCUT2D eigenvalue weighted by molar-refractivity contribution is 6.15. The summed E-state index contributed by atoms with van der Waals surface area (Å²) in [6.07, 6.45) is 0. The maximum Gasteiger partial charge on any atom is 0.235 e. The van der Waals surface area contributed by atoms with Crippen molar-refractivity contribution in [1.29, 1.82) is 0 Å². The number of carbonyl (C=O) groups excluding carboxylic acids is 1. The summed E-state index contributed by atoms with van der Waals surface area (Å²) in [5.41, 5.74) is 2.22. The van der Waals surface area contributed by atoms with Gasteiger partial charge in [0.2, 0.25) is 5.78 Å². The van der Waals surface area contributed by atoms with Crippen LogP contribution in [0.25, 0.3) is 0 Å². The van der Waals surface area contributed by atoms with E-state index in [1.165, 1.54) is 0 Å². The van der Waals surface area contributed by atoms with Gasteiger partial charge in [-0.25, -0.2) is 0 Å². The second kappa shape index (κ2) is 5.34. The van der Waals surface area contributed by atoms with Crippen LogP contribution < -0.4 is 14.8 Å². The Labute approximate surface area is 113 Å². The number of nitrogens with one attached hydrogen (secondary N) is 1. The van der Waals surface area contributed by atoms with Crippen LogP contribution in [0.5, 0.6) is 11.5 Å². The zero-order valence-electron chi connectivity index (χ0n) is 11.8. The Kier molecular flexibility index (Phi) is 3.79. The van der Waals surface area contributed by atoms with E-state index in [0.29, 0.717) is 29.4 Å². The van der Waals surface area contributed by atoms with E-state index in [9.17, 15) is 4.79 Å². The first-order chi connectivity index (χ1) is 9.10. The molecular weight excluding hydrogens is 242 g/mol. The van der Waals surface area contributed by atoms with E-state index in [-0.39, 0.29) is 5.78 Å². The first kappa shape index (κ1) is 13.5. The average Bonchev–Trinajstić information content (AvgIpc) is 2.71. The number of fused-ring (bicyclic) bond motifs is 1. The molecule has 102 valence electrons. The van der Waals surface area contributed by atoms with Crippen LogP contribution in [0.15, 0.2) is 23.5 Å². The number of hydrogen-bond donors (Lipinski definition) is 1. The van der Waals surface area contributed by atoms with Crippen molar-refractivity contribution in [3.8, 4) is 11.5 Å². The first-order valence-electron chi connectivity index (χ1n) is 6.53. The molecule has 0 unspecified atom stereocenters. The van der Waals surface area contributed by atoms with Crippen molar-refractivity contribution in [1.82, 2.24) is 0 Å². The van der Waals surface area contributed by atoms with Gasteiger partial charge >= 0.3 is 0 Å². The summed E-state index contributed by atoms with van der Waals surface area (Å²) in [7, 11) is 0. The molecule has 4 nitrogen and oxygen atoms in total. The van der Waals surface area contributed by atoms with Crippen LogP contribution in [0.3, 0.4) is 0 Å². The monoisotopic (exact) mass is 261 g/mol. The molecule has 0 spiro atoms. The molecule has 1 aliphatic heterocycles.